The van der Waals surface area contributed by atoms with Gasteiger partial charge in [-0.05, 0) is 43.5 Å². The number of aliphatic hydroxyl groups is 1. The highest BCUT2D eigenvalue weighted by molar-refractivity contribution is 5.96. The van der Waals surface area contributed by atoms with Gasteiger partial charge in [0.15, 0.2) is 5.84 Å². The Morgan fingerprint density at radius 3 is 2.84 bits per heavy atom. The van der Waals surface area contributed by atoms with Crippen LogP contribution in [0.5, 0.6) is 0 Å². The van der Waals surface area contributed by atoms with Crippen LogP contribution >= 0.6 is 0 Å². The zero-order valence-electron chi connectivity index (χ0n) is 10.9. The monoisotopic (exact) mass is 264 g/mol. The summed E-state index contributed by atoms with van der Waals surface area (Å²) in [4.78, 5) is 6.47. The van der Waals surface area contributed by atoms with E-state index in [2.05, 4.69) is 15.0 Å². The number of nitrogens with two attached hydrogens (primary N) is 1. The number of hydrogen-bond donors (Lipinski definition) is 3. The molecule has 1 fully saturated rings. The summed E-state index contributed by atoms with van der Waals surface area (Å²) in [5.74, 6) is 0.467. The third kappa shape index (κ3) is 3.42. The molecule has 6 heteroatoms. The number of hydrogen-bond acceptors (Lipinski definition) is 5. The second-order valence-corrected chi connectivity index (χ2v) is 4.90. The van der Waals surface area contributed by atoms with E-state index in [9.17, 15) is 0 Å². The van der Waals surface area contributed by atoms with Crippen molar-refractivity contribution >= 4 is 5.84 Å². The Bertz CT molecular complexity index is 442. The van der Waals surface area contributed by atoms with Gasteiger partial charge in [0, 0.05) is 19.3 Å². The Kier molecular flexibility index (Phi) is 4.70. The smallest absolute Gasteiger partial charge is 0.189 e. The molecule has 0 spiro atoms. The summed E-state index contributed by atoms with van der Waals surface area (Å²) < 4.78 is 0. The molecule has 0 atom stereocenters. The standard InChI is InChI=1S/C13H20N4O2/c14-13(16-19)12-11(2-1-5-15-12)8-17-6-3-10(9-18)4-7-17/h1-2,5,10,18-19H,3-4,6-9H2,(H2,14,16). The Morgan fingerprint density at radius 2 is 2.21 bits per heavy atom. The second-order valence-electron chi connectivity index (χ2n) is 4.90. The first kappa shape index (κ1) is 13.8. The van der Waals surface area contributed by atoms with Crippen molar-refractivity contribution in [3.63, 3.8) is 0 Å². The van der Waals surface area contributed by atoms with Crippen LogP contribution in [-0.4, -0.2) is 45.7 Å². The highest BCUT2D eigenvalue weighted by atomic mass is 16.4. The fraction of sp³-hybridized carbons (Fsp3) is 0.538. The van der Waals surface area contributed by atoms with E-state index in [1.807, 2.05) is 12.1 Å². The van der Waals surface area contributed by atoms with E-state index in [1.54, 1.807) is 6.20 Å². The van der Waals surface area contributed by atoms with Crippen molar-refractivity contribution in [3.05, 3.63) is 29.6 Å². The van der Waals surface area contributed by atoms with Crippen molar-refractivity contribution in [2.45, 2.75) is 19.4 Å². The Labute approximate surface area is 112 Å². The highest BCUT2D eigenvalue weighted by Crippen LogP contribution is 2.19. The topological polar surface area (TPSA) is 95.0 Å². The van der Waals surface area contributed by atoms with Crippen LogP contribution < -0.4 is 5.73 Å². The van der Waals surface area contributed by atoms with Crippen molar-refractivity contribution in [1.29, 1.82) is 0 Å². The van der Waals surface area contributed by atoms with Gasteiger partial charge in [0.1, 0.15) is 5.69 Å². The maximum atomic E-state index is 9.13. The van der Waals surface area contributed by atoms with Gasteiger partial charge in [0.25, 0.3) is 0 Å². The molecule has 6 nitrogen and oxygen atoms in total. The lowest BCUT2D eigenvalue weighted by Crippen LogP contribution is -2.35. The van der Waals surface area contributed by atoms with Gasteiger partial charge in [0.05, 0.1) is 0 Å². The quantitative estimate of drug-likeness (QED) is 0.316. The van der Waals surface area contributed by atoms with E-state index in [0.29, 0.717) is 11.6 Å². The fourth-order valence-corrected chi connectivity index (χ4v) is 2.41. The molecule has 0 bridgehead atoms. The normalized spacial score (nSPS) is 18.7. The minimum Gasteiger partial charge on any atom is -0.409 e. The molecule has 0 aromatic carbocycles. The van der Waals surface area contributed by atoms with Crippen LogP contribution in [-0.2, 0) is 6.54 Å². The highest BCUT2D eigenvalue weighted by Gasteiger charge is 2.20. The molecule has 0 aliphatic carbocycles. The third-order valence-electron chi connectivity index (χ3n) is 3.60. The van der Waals surface area contributed by atoms with Crippen LogP contribution in [0.3, 0.4) is 0 Å². The van der Waals surface area contributed by atoms with Crippen LogP contribution in [0.4, 0.5) is 0 Å². The number of pyridine rings is 1. The molecule has 0 radical (unpaired) electrons. The van der Waals surface area contributed by atoms with Gasteiger partial charge in [-0.25, -0.2) is 0 Å². The summed E-state index contributed by atoms with van der Waals surface area (Å²) in [6.45, 7) is 2.92. The molecular formula is C13H20N4O2. The van der Waals surface area contributed by atoms with E-state index < -0.39 is 0 Å². The van der Waals surface area contributed by atoms with Crippen LogP contribution in [0.25, 0.3) is 0 Å². The Morgan fingerprint density at radius 1 is 1.47 bits per heavy atom. The number of oxime groups is 1. The molecular weight excluding hydrogens is 244 g/mol. The van der Waals surface area contributed by atoms with E-state index in [0.717, 1.165) is 38.0 Å². The summed E-state index contributed by atoms with van der Waals surface area (Å²) in [5, 5.41) is 20.9. The number of piperidine rings is 1. The summed E-state index contributed by atoms with van der Waals surface area (Å²) in [7, 11) is 0. The van der Waals surface area contributed by atoms with Gasteiger partial charge in [-0.3, -0.25) is 9.88 Å². The third-order valence-corrected chi connectivity index (χ3v) is 3.60. The van der Waals surface area contributed by atoms with E-state index in [4.69, 9.17) is 16.0 Å². The minimum absolute atomic E-state index is 0.0424. The fourth-order valence-electron chi connectivity index (χ4n) is 2.41. The summed E-state index contributed by atoms with van der Waals surface area (Å²) in [6.07, 6.45) is 3.65. The number of aliphatic hydroxyl groups excluding tert-OH is 1. The van der Waals surface area contributed by atoms with Crippen molar-refractivity contribution in [3.8, 4) is 0 Å². The van der Waals surface area contributed by atoms with Gasteiger partial charge in [-0.15, -0.1) is 0 Å². The molecule has 19 heavy (non-hydrogen) atoms. The molecule has 1 aromatic rings. The number of nitrogens with zero attached hydrogens (tertiary/aromatic N) is 3. The zero-order chi connectivity index (χ0) is 13.7. The van der Waals surface area contributed by atoms with Crippen molar-refractivity contribution in [1.82, 2.24) is 9.88 Å². The molecule has 1 saturated heterocycles. The van der Waals surface area contributed by atoms with Crippen LogP contribution in [0, 0.1) is 5.92 Å². The lowest BCUT2D eigenvalue weighted by Gasteiger charge is -2.31. The van der Waals surface area contributed by atoms with E-state index in [-0.39, 0.29) is 12.4 Å². The molecule has 4 N–H and O–H groups in total. The minimum atomic E-state index is 0.0424. The molecule has 0 unspecified atom stereocenters. The van der Waals surface area contributed by atoms with E-state index >= 15 is 0 Å². The number of likely N-dealkylation sites (tertiary alicyclic amines) is 1. The zero-order valence-corrected chi connectivity index (χ0v) is 10.9. The van der Waals surface area contributed by atoms with Crippen molar-refractivity contribution in [2.75, 3.05) is 19.7 Å². The maximum Gasteiger partial charge on any atom is 0.189 e. The molecule has 2 rings (SSSR count). The lowest BCUT2D eigenvalue weighted by atomic mass is 9.97. The van der Waals surface area contributed by atoms with Crippen molar-refractivity contribution < 1.29 is 10.3 Å². The second kappa shape index (κ2) is 6.49. The van der Waals surface area contributed by atoms with Gasteiger partial charge >= 0.3 is 0 Å². The summed E-state index contributed by atoms with van der Waals surface area (Å²) >= 11 is 0. The lowest BCUT2D eigenvalue weighted by molar-refractivity contribution is 0.127. The SMILES string of the molecule is NC(=NO)c1ncccc1CN1CCC(CO)CC1. The number of amidine groups is 1. The van der Waals surface area contributed by atoms with Crippen molar-refractivity contribution in [2.24, 2.45) is 16.8 Å². The average molecular weight is 264 g/mol. The molecule has 0 amide bonds. The molecule has 0 saturated carbocycles. The first-order valence-corrected chi connectivity index (χ1v) is 6.49. The number of rotatable bonds is 4. The van der Waals surface area contributed by atoms with Gasteiger partial charge in [-0.1, -0.05) is 11.2 Å². The van der Waals surface area contributed by atoms with Crippen LogP contribution in [0.1, 0.15) is 24.1 Å². The maximum absolute atomic E-state index is 9.13. The first-order valence-electron chi connectivity index (χ1n) is 6.49. The summed E-state index contributed by atoms with van der Waals surface area (Å²) in [6, 6.07) is 3.79. The predicted molar refractivity (Wildman–Crippen MR) is 71.8 cm³/mol. The molecule has 2 heterocycles. The van der Waals surface area contributed by atoms with Crippen LogP contribution in [0.2, 0.25) is 0 Å². The Hall–Kier alpha value is -1.66. The predicted octanol–water partition coefficient (Wildman–Crippen LogP) is 0.380. The van der Waals surface area contributed by atoms with Gasteiger partial charge < -0.3 is 16.0 Å². The molecule has 104 valence electrons. The molecule has 1 aliphatic rings. The largest absolute Gasteiger partial charge is 0.409 e. The van der Waals surface area contributed by atoms with Crippen LogP contribution in [0.15, 0.2) is 23.5 Å². The molecule has 1 aromatic heterocycles. The first-order chi connectivity index (χ1) is 9.24. The van der Waals surface area contributed by atoms with Gasteiger partial charge in [-0.2, -0.15) is 0 Å². The van der Waals surface area contributed by atoms with E-state index in [1.165, 1.54) is 0 Å². The summed E-state index contributed by atoms with van der Waals surface area (Å²) in [5.41, 5.74) is 7.12. The number of aromatic nitrogens is 1. The average Bonchev–Trinajstić information content (AvgIpc) is 2.48. The molecule has 1 aliphatic heterocycles. The Balaban J connectivity index is 2.04. The van der Waals surface area contributed by atoms with Gasteiger partial charge in [0.2, 0.25) is 0 Å².